The molecule has 9 aromatic rings. The molecule has 0 aliphatic rings. The smallest absolute Gasteiger partial charge is 0.131 e. The summed E-state index contributed by atoms with van der Waals surface area (Å²) in [6.45, 7) is 0.417. The van der Waals surface area contributed by atoms with Crippen molar-refractivity contribution in [1.29, 1.82) is 0 Å². The number of nitrogens with two attached hydrogens (primary N) is 1. The molecule has 50 heavy (non-hydrogen) atoms. The monoisotopic (exact) mass is 645 g/mol. The van der Waals surface area contributed by atoms with Crippen LogP contribution in [0.25, 0.3) is 60.4 Å². The van der Waals surface area contributed by atoms with Gasteiger partial charge in [-0.3, -0.25) is 0 Å². The Balaban J connectivity index is 1.21. The van der Waals surface area contributed by atoms with Crippen LogP contribution >= 0.6 is 0 Å². The number of benzene rings is 7. The van der Waals surface area contributed by atoms with Crippen molar-refractivity contribution in [2.24, 2.45) is 10.7 Å². The van der Waals surface area contributed by atoms with Gasteiger partial charge in [0.1, 0.15) is 18.7 Å². The van der Waals surface area contributed by atoms with E-state index in [4.69, 9.17) is 10.7 Å². The highest BCUT2D eigenvalue weighted by atomic mass is 15.1. The van der Waals surface area contributed by atoms with Crippen LogP contribution in [0.15, 0.2) is 181 Å². The first-order valence-corrected chi connectivity index (χ1v) is 17.0. The third kappa shape index (κ3) is 5.21. The molecule has 2 aromatic heterocycles. The summed E-state index contributed by atoms with van der Waals surface area (Å²) in [6.07, 6.45) is -0.406. The van der Waals surface area contributed by atoms with E-state index in [-0.39, 0.29) is 0 Å². The number of rotatable bonds is 7. The number of para-hydroxylation sites is 2. The Labute approximate surface area is 290 Å². The normalized spacial score (nSPS) is 12.6. The van der Waals surface area contributed by atoms with Crippen LogP contribution in [0.1, 0.15) is 17.3 Å². The Kier molecular flexibility index (Phi) is 7.45. The Morgan fingerprint density at radius 2 is 1.08 bits per heavy atom. The summed E-state index contributed by atoms with van der Waals surface area (Å²) in [4.78, 5) is 5.23. The van der Waals surface area contributed by atoms with E-state index in [9.17, 15) is 0 Å². The van der Waals surface area contributed by atoms with Gasteiger partial charge in [0.15, 0.2) is 0 Å². The molecule has 3 N–H and O–H groups in total. The number of fused-ring (bicyclic) bond motifs is 6. The zero-order valence-electron chi connectivity index (χ0n) is 27.4. The fourth-order valence-electron chi connectivity index (χ4n) is 7.22. The van der Waals surface area contributed by atoms with Crippen molar-refractivity contribution < 1.29 is 0 Å². The molecule has 5 nitrogen and oxygen atoms in total. The second-order valence-electron chi connectivity index (χ2n) is 12.6. The zero-order valence-corrected chi connectivity index (χ0v) is 27.4. The van der Waals surface area contributed by atoms with Gasteiger partial charge in [-0.05, 0) is 53.1 Å². The largest absolute Gasteiger partial charge is 0.351 e. The fraction of sp³-hybridized carbons (Fsp3) is 0.0444. The van der Waals surface area contributed by atoms with Crippen LogP contribution in [0, 0.1) is 0 Å². The van der Waals surface area contributed by atoms with Crippen molar-refractivity contribution in [2.75, 3.05) is 0 Å². The molecule has 0 saturated heterocycles. The number of hydrogen-bond donors (Lipinski definition) is 2. The van der Waals surface area contributed by atoms with Gasteiger partial charge in [0.05, 0.1) is 22.1 Å². The summed E-state index contributed by atoms with van der Waals surface area (Å²) in [6, 6.07) is 61.8. The number of nitrogens with one attached hydrogen (secondary N) is 1. The minimum absolute atomic E-state index is 0.406. The van der Waals surface area contributed by atoms with E-state index in [2.05, 4.69) is 142 Å². The highest BCUT2D eigenvalue weighted by molar-refractivity contribution is 6.18. The molecule has 240 valence electrons. The molecular weight excluding hydrogens is 611 g/mol. The van der Waals surface area contributed by atoms with E-state index in [0.717, 1.165) is 39.2 Å². The lowest BCUT2D eigenvalue weighted by Crippen LogP contribution is -2.35. The number of hydrogen-bond acceptors (Lipinski definition) is 2. The molecule has 5 heteroatoms. The molecule has 1 unspecified atom stereocenters. The molecule has 9 rings (SSSR count). The molecule has 0 bridgehead atoms. The van der Waals surface area contributed by atoms with Crippen molar-refractivity contribution in [3.8, 4) is 16.8 Å². The number of amidine groups is 1. The first-order chi connectivity index (χ1) is 24.7. The van der Waals surface area contributed by atoms with Gasteiger partial charge >= 0.3 is 0 Å². The van der Waals surface area contributed by atoms with Gasteiger partial charge in [-0.1, -0.05) is 140 Å². The average Bonchev–Trinajstić information content (AvgIpc) is 3.68. The number of aliphatic imine (C=N–C) groups is 1. The third-order valence-corrected chi connectivity index (χ3v) is 9.67. The summed E-state index contributed by atoms with van der Waals surface area (Å²) >= 11 is 0. The lowest BCUT2D eigenvalue weighted by Gasteiger charge is -2.18. The maximum atomic E-state index is 6.68. The molecule has 0 aliphatic carbocycles. The second kappa shape index (κ2) is 12.5. The summed E-state index contributed by atoms with van der Waals surface area (Å²) in [5.41, 5.74) is 16.8. The molecule has 2 heterocycles. The van der Waals surface area contributed by atoms with Gasteiger partial charge < -0.3 is 20.2 Å². The highest BCUT2D eigenvalue weighted by Crippen LogP contribution is 2.38. The predicted octanol–water partition coefficient (Wildman–Crippen LogP) is 10.2. The molecule has 0 fully saturated rings. The van der Waals surface area contributed by atoms with Crippen molar-refractivity contribution in [3.05, 3.63) is 187 Å². The molecule has 0 spiro atoms. The van der Waals surface area contributed by atoms with Gasteiger partial charge in [-0.15, -0.1) is 0 Å². The SMILES string of the molecule is NC(NC(=NCn1c2ccccc2c2cc3c4ccccc4n(-c4ccc(-c5ccccc5)cc4)c3cc21)c1ccccc1)c1ccccc1. The van der Waals surface area contributed by atoms with Crippen LogP contribution < -0.4 is 11.1 Å². The molecule has 1 atom stereocenters. The fourth-order valence-corrected chi connectivity index (χ4v) is 7.22. The number of nitrogens with zero attached hydrogens (tertiary/aromatic N) is 3. The van der Waals surface area contributed by atoms with Crippen LogP contribution in [-0.4, -0.2) is 15.0 Å². The standard InChI is InChI=1S/C45H35N5/c46-44(33-16-6-2-7-17-33)48-45(34-18-8-3-9-19-34)47-30-49-40-22-12-10-20-36(40)38-28-39-37-21-11-13-23-41(37)50(43(39)29-42(38)49)35-26-24-32(25-27-35)31-14-4-1-5-15-31/h1-29,44H,30,46H2,(H,47,48). The number of aromatic nitrogens is 2. The summed E-state index contributed by atoms with van der Waals surface area (Å²) in [5, 5.41) is 8.39. The van der Waals surface area contributed by atoms with Crippen LogP contribution in [-0.2, 0) is 6.67 Å². The third-order valence-electron chi connectivity index (χ3n) is 9.67. The van der Waals surface area contributed by atoms with E-state index < -0.39 is 6.17 Å². The summed E-state index contributed by atoms with van der Waals surface area (Å²) in [5.74, 6) is 0.751. The molecule has 0 radical (unpaired) electrons. The van der Waals surface area contributed by atoms with Crippen molar-refractivity contribution in [2.45, 2.75) is 12.8 Å². The molecule has 0 saturated carbocycles. The minimum Gasteiger partial charge on any atom is -0.351 e. The van der Waals surface area contributed by atoms with E-state index >= 15 is 0 Å². The summed E-state index contributed by atoms with van der Waals surface area (Å²) in [7, 11) is 0. The van der Waals surface area contributed by atoms with Gasteiger partial charge in [0.2, 0.25) is 0 Å². The molecule has 7 aromatic carbocycles. The molecule has 0 amide bonds. The minimum atomic E-state index is -0.406. The topological polar surface area (TPSA) is 60.3 Å². The van der Waals surface area contributed by atoms with Gasteiger partial charge in [0, 0.05) is 32.8 Å². The lowest BCUT2D eigenvalue weighted by atomic mass is 10.1. The van der Waals surface area contributed by atoms with Crippen molar-refractivity contribution >= 4 is 49.4 Å². The highest BCUT2D eigenvalue weighted by Gasteiger charge is 2.18. The average molecular weight is 646 g/mol. The van der Waals surface area contributed by atoms with E-state index in [1.54, 1.807) is 0 Å². The maximum absolute atomic E-state index is 6.68. The summed E-state index contributed by atoms with van der Waals surface area (Å²) < 4.78 is 4.71. The van der Waals surface area contributed by atoms with Gasteiger partial charge in [-0.25, -0.2) is 4.99 Å². The van der Waals surface area contributed by atoms with Crippen LogP contribution in [0.2, 0.25) is 0 Å². The van der Waals surface area contributed by atoms with E-state index in [1.165, 1.54) is 38.2 Å². The Morgan fingerprint density at radius 1 is 0.520 bits per heavy atom. The molecule has 0 aliphatic heterocycles. The molecular formula is C45H35N5. The van der Waals surface area contributed by atoms with Crippen molar-refractivity contribution in [1.82, 2.24) is 14.5 Å². The van der Waals surface area contributed by atoms with E-state index in [0.29, 0.717) is 6.67 Å². The first kappa shape index (κ1) is 29.7. The maximum Gasteiger partial charge on any atom is 0.131 e. The first-order valence-electron chi connectivity index (χ1n) is 17.0. The lowest BCUT2D eigenvalue weighted by molar-refractivity contribution is 0.672. The van der Waals surface area contributed by atoms with Crippen LogP contribution in [0.4, 0.5) is 0 Å². The Bertz CT molecular complexity index is 2640. The Hall–Kier alpha value is -6.43. The second-order valence-corrected chi connectivity index (χ2v) is 12.6. The van der Waals surface area contributed by atoms with E-state index in [1.807, 2.05) is 48.5 Å². The van der Waals surface area contributed by atoms with Crippen LogP contribution in [0.3, 0.4) is 0 Å². The quantitative estimate of drug-likeness (QED) is 0.103. The Morgan fingerprint density at radius 3 is 1.80 bits per heavy atom. The zero-order chi connectivity index (χ0) is 33.4. The predicted molar refractivity (Wildman–Crippen MR) is 209 cm³/mol. The van der Waals surface area contributed by atoms with Gasteiger partial charge in [-0.2, -0.15) is 0 Å². The van der Waals surface area contributed by atoms with Crippen LogP contribution in [0.5, 0.6) is 0 Å². The van der Waals surface area contributed by atoms with Gasteiger partial charge in [0.25, 0.3) is 0 Å². The van der Waals surface area contributed by atoms with Crippen molar-refractivity contribution in [3.63, 3.8) is 0 Å².